The van der Waals surface area contributed by atoms with Gasteiger partial charge in [-0.2, -0.15) is 0 Å². The Balaban J connectivity index is 1.52. The summed E-state index contributed by atoms with van der Waals surface area (Å²) >= 11 is 0. The van der Waals surface area contributed by atoms with E-state index >= 15 is 0 Å². The molecule has 172 valence electrons. The topological polar surface area (TPSA) is 123 Å². The van der Waals surface area contributed by atoms with Crippen molar-refractivity contribution in [3.63, 3.8) is 0 Å². The maximum absolute atomic E-state index is 12.5. The predicted molar refractivity (Wildman–Crippen MR) is 119 cm³/mol. The van der Waals surface area contributed by atoms with Crippen molar-refractivity contribution in [1.82, 2.24) is 10.9 Å². The first kappa shape index (κ1) is 23.6. The number of nitrogens with one attached hydrogen (secondary N) is 3. The van der Waals surface area contributed by atoms with Gasteiger partial charge >= 0.3 is 0 Å². The van der Waals surface area contributed by atoms with E-state index in [1.165, 1.54) is 36.4 Å². The molecule has 0 saturated heterocycles. The third-order valence-electron chi connectivity index (χ3n) is 4.79. The zero-order valence-electron chi connectivity index (χ0n) is 18.0. The van der Waals surface area contributed by atoms with Crippen LogP contribution in [0.4, 0.5) is 5.69 Å². The molecule has 32 heavy (non-hydrogen) atoms. The molecule has 9 nitrogen and oxygen atoms in total. The summed E-state index contributed by atoms with van der Waals surface area (Å²) in [6.07, 6.45) is 1.57. The van der Waals surface area contributed by atoms with E-state index in [0.29, 0.717) is 30.6 Å². The molecule has 0 bridgehead atoms. The third kappa shape index (κ3) is 6.69. The molecule has 1 aliphatic rings. The maximum atomic E-state index is 12.5. The Morgan fingerprint density at radius 2 is 1.69 bits per heavy atom. The number of hydrazine groups is 1. The molecule has 10 heteroatoms. The summed E-state index contributed by atoms with van der Waals surface area (Å²) in [6, 6.07) is 11.9. The number of anilines is 1. The van der Waals surface area contributed by atoms with Crippen LogP contribution in [-0.2, 0) is 19.6 Å². The van der Waals surface area contributed by atoms with Gasteiger partial charge in [0.05, 0.1) is 18.1 Å². The molecule has 1 saturated carbocycles. The lowest BCUT2D eigenvalue weighted by Gasteiger charge is -2.14. The number of carbonyl (C=O) groups excluding carboxylic acids is 2. The number of sulfonamides is 1. The van der Waals surface area contributed by atoms with E-state index in [-0.39, 0.29) is 10.5 Å². The highest BCUT2D eigenvalue weighted by molar-refractivity contribution is 7.92. The van der Waals surface area contributed by atoms with E-state index < -0.39 is 27.9 Å². The minimum Gasteiger partial charge on any atom is -0.494 e. The Bertz CT molecular complexity index is 1030. The lowest BCUT2D eigenvalue weighted by molar-refractivity contribution is -0.132. The molecule has 0 spiro atoms. The normalized spacial score (nSPS) is 14.3. The standard InChI is InChI=1S/C22H27N3O6S/c1-3-30-19-10-12-20(13-11-19)32(28,29)25-18-8-6-17(7-9-18)22(27)24-23-21(26)15(2)31-14-16-4-5-16/h6-13,15-16,25H,3-5,14H2,1-2H3,(H,23,26)(H,24,27). The Morgan fingerprint density at radius 3 is 2.28 bits per heavy atom. The van der Waals surface area contributed by atoms with Crippen molar-refractivity contribution in [3.8, 4) is 5.75 Å². The second kappa shape index (κ2) is 10.5. The van der Waals surface area contributed by atoms with Gasteiger partial charge in [0.2, 0.25) is 0 Å². The van der Waals surface area contributed by atoms with Crippen LogP contribution in [0.25, 0.3) is 0 Å². The summed E-state index contributed by atoms with van der Waals surface area (Å²) in [5.74, 6) is 0.135. The van der Waals surface area contributed by atoms with Crippen molar-refractivity contribution >= 4 is 27.5 Å². The molecule has 1 aliphatic carbocycles. The lowest BCUT2D eigenvalue weighted by Crippen LogP contribution is -2.46. The summed E-state index contributed by atoms with van der Waals surface area (Å²) < 4.78 is 38.3. The maximum Gasteiger partial charge on any atom is 0.269 e. The molecule has 2 aromatic carbocycles. The van der Waals surface area contributed by atoms with Crippen LogP contribution in [0, 0.1) is 5.92 Å². The molecule has 2 aromatic rings. The van der Waals surface area contributed by atoms with E-state index in [9.17, 15) is 18.0 Å². The van der Waals surface area contributed by atoms with E-state index in [0.717, 1.165) is 12.8 Å². The first-order valence-corrected chi connectivity index (χ1v) is 11.8. The van der Waals surface area contributed by atoms with E-state index in [4.69, 9.17) is 9.47 Å². The summed E-state index contributed by atoms with van der Waals surface area (Å²) in [5, 5.41) is 0. The van der Waals surface area contributed by atoms with E-state index in [1.54, 1.807) is 19.1 Å². The van der Waals surface area contributed by atoms with Crippen LogP contribution >= 0.6 is 0 Å². The van der Waals surface area contributed by atoms with Gasteiger partial charge in [-0.3, -0.25) is 25.2 Å². The van der Waals surface area contributed by atoms with Crippen molar-refractivity contribution in [3.05, 3.63) is 54.1 Å². The molecule has 0 heterocycles. The monoisotopic (exact) mass is 461 g/mol. The molecule has 1 unspecified atom stereocenters. The van der Waals surface area contributed by atoms with Gasteiger partial charge in [-0.1, -0.05) is 0 Å². The predicted octanol–water partition coefficient (Wildman–Crippen LogP) is 2.46. The van der Waals surface area contributed by atoms with Crippen LogP contribution in [-0.4, -0.2) is 39.5 Å². The number of hydrogen-bond donors (Lipinski definition) is 3. The van der Waals surface area contributed by atoms with Crippen molar-refractivity contribution in [2.75, 3.05) is 17.9 Å². The lowest BCUT2D eigenvalue weighted by atomic mass is 10.2. The average molecular weight is 462 g/mol. The molecular formula is C22H27N3O6S. The second-order valence-corrected chi connectivity index (χ2v) is 9.13. The minimum absolute atomic E-state index is 0.0866. The summed E-state index contributed by atoms with van der Waals surface area (Å²) in [7, 11) is -3.79. The van der Waals surface area contributed by atoms with Gasteiger partial charge in [0, 0.05) is 11.3 Å². The van der Waals surface area contributed by atoms with Crippen LogP contribution in [0.3, 0.4) is 0 Å². The van der Waals surface area contributed by atoms with Crippen LogP contribution in [0.1, 0.15) is 37.0 Å². The van der Waals surface area contributed by atoms with Crippen molar-refractivity contribution in [2.45, 2.75) is 37.7 Å². The van der Waals surface area contributed by atoms with Crippen molar-refractivity contribution < 1.29 is 27.5 Å². The van der Waals surface area contributed by atoms with Gasteiger partial charge in [-0.15, -0.1) is 0 Å². The summed E-state index contributed by atoms with van der Waals surface area (Å²) in [5.41, 5.74) is 5.19. The smallest absolute Gasteiger partial charge is 0.269 e. The SMILES string of the molecule is CCOc1ccc(S(=O)(=O)Nc2ccc(C(=O)NNC(=O)C(C)OCC3CC3)cc2)cc1. The van der Waals surface area contributed by atoms with E-state index in [2.05, 4.69) is 15.6 Å². The number of amides is 2. The van der Waals surface area contributed by atoms with Crippen LogP contribution in [0.15, 0.2) is 53.4 Å². The quantitative estimate of drug-likeness (QED) is 0.467. The van der Waals surface area contributed by atoms with Gasteiger partial charge in [0.25, 0.3) is 21.8 Å². The highest BCUT2D eigenvalue weighted by Crippen LogP contribution is 2.29. The number of hydrogen-bond acceptors (Lipinski definition) is 6. The van der Waals surface area contributed by atoms with Gasteiger partial charge < -0.3 is 9.47 Å². The van der Waals surface area contributed by atoms with Crippen molar-refractivity contribution in [2.24, 2.45) is 5.92 Å². The zero-order valence-corrected chi connectivity index (χ0v) is 18.8. The van der Waals surface area contributed by atoms with Crippen LogP contribution < -0.4 is 20.3 Å². The number of ether oxygens (including phenoxy) is 2. The summed E-state index contributed by atoms with van der Waals surface area (Å²) in [4.78, 5) is 24.3. The number of carbonyl (C=O) groups is 2. The Kier molecular flexibility index (Phi) is 7.70. The highest BCUT2D eigenvalue weighted by Gasteiger charge is 2.24. The number of rotatable bonds is 10. The Labute approximate surface area is 187 Å². The van der Waals surface area contributed by atoms with Gasteiger partial charge in [-0.05, 0) is 81.1 Å². The second-order valence-electron chi connectivity index (χ2n) is 7.45. The molecule has 1 fully saturated rings. The average Bonchev–Trinajstić information content (AvgIpc) is 3.61. The number of benzene rings is 2. The zero-order chi connectivity index (χ0) is 23.1. The van der Waals surface area contributed by atoms with Gasteiger partial charge in [0.1, 0.15) is 11.9 Å². The molecule has 1 atom stereocenters. The molecule has 0 aliphatic heterocycles. The Morgan fingerprint density at radius 1 is 1.03 bits per heavy atom. The largest absolute Gasteiger partial charge is 0.494 e. The summed E-state index contributed by atoms with van der Waals surface area (Å²) in [6.45, 7) is 4.49. The highest BCUT2D eigenvalue weighted by atomic mass is 32.2. The molecule has 2 amide bonds. The molecule has 0 aromatic heterocycles. The third-order valence-corrected chi connectivity index (χ3v) is 6.19. The van der Waals surface area contributed by atoms with Crippen LogP contribution in [0.5, 0.6) is 5.75 Å². The van der Waals surface area contributed by atoms with Gasteiger partial charge in [-0.25, -0.2) is 8.42 Å². The van der Waals surface area contributed by atoms with Crippen LogP contribution in [0.2, 0.25) is 0 Å². The first-order valence-electron chi connectivity index (χ1n) is 10.4. The molecule has 0 radical (unpaired) electrons. The molecule has 3 N–H and O–H groups in total. The molecular weight excluding hydrogens is 434 g/mol. The first-order chi connectivity index (χ1) is 15.3. The fraction of sp³-hybridized carbons (Fsp3) is 0.364. The van der Waals surface area contributed by atoms with Gasteiger partial charge in [0.15, 0.2) is 0 Å². The molecule has 3 rings (SSSR count). The Hall–Kier alpha value is -3.11. The van der Waals surface area contributed by atoms with Crippen molar-refractivity contribution in [1.29, 1.82) is 0 Å². The fourth-order valence-electron chi connectivity index (χ4n) is 2.72. The fourth-order valence-corrected chi connectivity index (χ4v) is 3.78. The minimum atomic E-state index is -3.79. The van der Waals surface area contributed by atoms with E-state index in [1.807, 2.05) is 6.92 Å².